The van der Waals surface area contributed by atoms with E-state index in [1.807, 2.05) is 54.6 Å². The summed E-state index contributed by atoms with van der Waals surface area (Å²) in [5, 5.41) is 33.4. The van der Waals surface area contributed by atoms with Crippen molar-refractivity contribution in [2.24, 2.45) is 5.16 Å². The van der Waals surface area contributed by atoms with E-state index in [1.54, 1.807) is 12.3 Å². The van der Waals surface area contributed by atoms with E-state index in [0.717, 1.165) is 33.2 Å². The Morgan fingerprint density at radius 1 is 1.04 bits per heavy atom. The van der Waals surface area contributed by atoms with Crippen molar-refractivity contribution in [2.45, 2.75) is 29.0 Å². The molecule has 4 heterocycles. The van der Waals surface area contributed by atoms with Gasteiger partial charge in [0.05, 0.1) is 0 Å². The lowest BCUT2D eigenvalue weighted by atomic mass is 9.77. The fraction of sp³-hybridized carbons (Fsp3) is 0.200. The van der Waals surface area contributed by atoms with Crippen LogP contribution in [0.1, 0.15) is 29.3 Å². The lowest BCUT2D eigenvalue weighted by Crippen LogP contribution is -2.71. The van der Waals surface area contributed by atoms with Crippen molar-refractivity contribution in [1.82, 2.24) is 35.5 Å². The normalized spacial score (nSPS) is 17.2. The number of carbonyl (C=O) groups is 3. The number of fused-ring (bicyclic) bond motifs is 1. The topological polar surface area (TPSA) is 203 Å². The summed E-state index contributed by atoms with van der Waals surface area (Å²) in [5.41, 5.74) is 2.55. The number of tetrazole rings is 1. The van der Waals surface area contributed by atoms with Crippen molar-refractivity contribution in [2.75, 3.05) is 29.3 Å². The van der Waals surface area contributed by atoms with Gasteiger partial charge in [0, 0.05) is 16.9 Å². The van der Waals surface area contributed by atoms with E-state index in [-0.39, 0.29) is 29.5 Å². The molecule has 0 unspecified atom stereocenters. The van der Waals surface area contributed by atoms with Gasteiger partial charge < -0.3 is 26.4 Å². The standard InChI is InChI=1S/C35H32N10O5S3/c1-2-50-41-26(29(46)38-27-30(47)44-28(32(48)49)21(18-51-31(27)44)19-53-34-40-42-43-45(34)36)25-20-52-33(37-25)39-35(22-12-6-3-7-13-22,23-14-8-4-9-15-23)24-16-10-5-11-17-24/h3-17,20,27,31H,2,18-19,36H2,1H3,(H,37,39)(H,38,46)(H,48,49)/b41-26-/t27-,31+/m1/s1. The molecule has 0 radical (unpaired) electrons. The maximum Gasteiger partial charge on any atom is 0.352 e. The van der Waals surface area contributed by atoms with E-state index in [0.29, 0.717) is 21.6 Å². The molecule has 2 atom stereocenters. The number of anilines is 1. The number of nitrogens with zero attached hydrogens (tertiary/aromatic N) is 7. The number of carboxylic acids is 1. The summed E-state index contributed by atoms with van der Waals surface area (Å²) >= 11 is 3.78. The molecule has 2 aliphatic heterocycles. The molecule has 0 saturated carbocycles. The molecule has 7 rings (SSSR count). The number of nitrogens with one attached hydrogen (secondary N) is 2. The summed E-state index contributed by atoms with van der Waals surface area (Å²) in [6.45, 7) is 1.92. The maximum absolute atomic E-state index is 13.9. The highest BCUT2D eigenvalue weighted by Crippen LogP contribution is 2.42. The predicted octanol–water partition coefficient (Wildman–Crippen LogP) is 3.52. The van der Waals surface area contributed by atoms with Gasteiger partial charge in [-0.05, 0) is 39.6 Å². The van der Waals surface area contributed by atoms with E-state index in [4.69, 9.17) is 15.7 Å². The number of thiazole rings is 1. The molecule has 3 aromatic carbocycles. The molecule has 2 aliphatic rings. The average Bonchev–Trinajstić information content (AvgIpc) is 3.83. The van der Waals surface area contributed by atoms with Gasteiger partial charge in [-0.3, -0.25) is 14.5 Å². The van der Waals surface area contributed by atoms with Crippen molar-refractivity contribution >= 4 is 63.5 Å². The van der Waals surface area contributed by atoms with Gasteiger partial charge in [0.2, 0.25) is 5.16 Å². The smallest absolute Gasteiger partial charge is 0.352 e. The molecule has 0 aliphatic carbocycles. The number of carbonyl (C=O) groups excluding carboxylic acids is 2. The van der Waals surface area contributed by atoms with Crippen LogP contribution in [0.4, 0.5) is 5.13 Å². The van der Waals surface area contributed by atoms with E-state index in [9.17, 15) is 19.5 Å². The molecule has 0 bridgehead atoms. The van der Waals surface area contributed by atoms with Crippen LogP contribution in [0.15, 0.2) is 118 Å². The van der Waals surface area contributed by atoms with Crippen LogP contribution in [-0.4, -0.2) is 88.3 Å². The number of nitrogen functional groups attached to an aromatic ring is 1. The van der Waals surface area contributed by atoms with Gasteiger partial charge in [-0.2, -0.15) is 0 Å². The predicted molar refractivity (Wildman–Crippen MR) is 201 cm³/mol. The highest BCUT2D eigenvalue weighted by atomic mass is 32.2. The highest BCUT2D eigenvalue weighted by molar-refractivity contribution is 8.01. The first-order valence-electron chi connectivity index (χ1n) is 16.3. The van der Waals surface area contributed by atoms with E-state index in [1.165, 1.54) is 28.0 Å². The van der Waals surface area contributed by atoms with Gasteiger partial charge in [-0.1, -0.05) is 113 Å². The Morgan fingerprint density at radius 2 is 1.66 bits per heavy atom. The lowest BCUT2D eigenvalue weighted by Gasteiger charge is -2.49. The van der Waals surface area contributed by atoms with Crippen molar-refractivity contribution in [1.29, 1.82) is 0 Å². The van der Waals surface area contributed by atoms with Crippen LogP contribution in [0, 0.1) is 0 Å². The van der Waals surface area contributed by atoms with Crippen molar-refractivity contribution in [3.63, 3.8) is 0 Å². The Morgan fingerprint density at radius 3 is 2.21 bits per heavy atom. The van der Waals surface area contributed by atoms with Crippen LogP contribution < -0.4 is 16.5 Å². The second-order valence-corrected chi connectivity index (χ2v) is 14.6. The minimum Gasteiger partial charge on any atom is -0.477 e. The second kappa shape index (κ2) is 15.5. The van der Waals surface area contributed by atoms with Gasteiger partial charge in [0.1, 0.15) is 35.0 Å². The first-order chi connectivity index (χ1) is 25.8. The number of hydrogen-bond acceptors (Lipinski definition) is 14. The number of hydrogen-bond donors (Lipinski definition) is 4. The molecule has 270 valence electrons. The third kappa shape index (κ3) is 6.95. The summed E-state index contributed by atoms with van der Waals surface area (Å²) in [4.78, 5) is 52.0. The number of nitrogens with two attached hydrogens (primary N) is 1. The quantitative estimate of drug-likeness (QED) is 0.0320. The Kier molecular flexibility index (Phi) is 10.4. The Labute approximate surface area is 315 Å². The number of aromatic nitrogens is 5. The number of benzene rings is 3. The molecule has 1 saturated heterocycles. The summed E-state index contributed by atoms with van der Waals surface area (Å²) < 4.78 is 0. The van der Waals surface area contributed by atoms with Gasteiger partial charge in [0.15, 0.2) is 10.8 Å². The second-order valence-electron chi connectivity index (χ2n) is 11.7. The third-order valence-corrected chi connectivity index (χ3v) is 11.7. The SMILES string of the molecule is CCO/N=C(\C(=O)N[C@@H]1C(=O)N2C(C(=O)O)=C(CSc3nnnn3N)CS[C@@H]12)c1csc(NC(c2ccccc2)(c2ccccc2)c2ccccc2)n1. The summed E-state index contributed by atoms with van der Waals surface area (Å²) in [5.74, 6) is 3.68. The van der Waals surface area contributed by atoms with Gasteiger partial charge in [-0.15, -0.1) is 27.9 Å². The largest absolute Gasteiger partial charge is 0.477 e. The maximum atomic E-state index is 13.9. The number of rotatable bonds is 14. The van der Waals surface area contributed by atoms with Gasteiger partial charge in [0.25, 0.3) is 11.8 Å². The van der Waals surface area contributed by atoms with E-state index >= 15 is 0 Å². The first kappa shape index (κ1) is 35.7. The van der Waals surface area contributed by atoms with Crippen LogP contribution in [-0.2, 0) is 24.8 Å². The first-order valence-corrected chi connectivity index (χ1v) is 19.2. The number of carboxylic acid groups (broad SMARTS) is 1. The lowest BCUT2D eigenvalue weighted by molar-refractivity contribution is -0.150. The highest BCUT2D eigenvalue weighted by Gasteiger charge is 2.54. The zero-order valence-corrected chi connectivity index (χ0v) is 30.5. The van der Waals surface area contributed by atoms with Crippen molar-refractivity contribution in [3.05, 3.63) is 130 Å². The van der Waals surface area contributed by atoms with Crippen LogP contribution in [0.2, 0.25) is 0 Å². The number of aliphatic carboxylic acids is 1. The van der Waals surface area contributed by atoms with Crippen molar-refractivity contribution < 1.29 is 24.3 Å². The van der Waals surface area contributed by atoms with Crippen molar-refractivity contribution in [3.8, 4) is 0 Å². The number of oxime groups is 1. The summed E-state index contributed by atoms with van der Waals surface area (Å²) in [7, 11) is 0. The molecule has 53 heavy (non-hydrogen) atoms. The zero-order valence-electron chi connectivity index (χ0n) is 28.0. The molecule has 1 fully saturated rings. The molecule has 15 nitrogen and oxygen atoms in total. The fourth-order valence-electron chi connectivity index (χ4n) is 6.15. The van der Waals surface area contributed by atoms with E-state index < -0.39 is 34.7 Å². The van der Waals surface area contributed by atoms with Crippen LogP contribution in [0.5, 0.6) is 0 Å². The number of β-lactam (4-membered cyclic amide) rings is 1. The van der Waals surface area contributed by atoms with Crippen LogP contribution >= 0.6 is 34.9 Å². The van der Waals surface area contributed by atoms with Gasteiger partial charge >= 0.3 is 5.97 Å². The minimum atomic E-state index is -1.25. The Balaban J connectivity index is 1.14. The fourth-order valence-corrected chi connectivity index (χ4v) is 9.18. The minimum absolute atomic E-state index is 0.126. The molecule has 0 spiro atoms. The molecule has 2 amide bonds. The van der Waals surface area contributed by atoms with E-state index in [2.05, 4.69) is 67.7 Å². The zero-order chi connectivity index (χ0) is 37.0. The number of amides is 2. The molecular weight excluding hydrogens is 737 g/mol. The molecule has 5 aromatic rings. The summed E-state index contributed by atoms with van der Waals surface area (Å²) in [6.07, 6.45) is 0. The Hall–Kier alpha value is -5.72. The third-order valence-electron chi connectivity index (χ3n) is 8.54. The molecular formula is C35H32N10O5S3. The Bertz CT molecular complexity index is 2080. The van der Waals surface area contributed by atoms with Crippen LogP contribution in [0.25, 0.3) is 0 Å². The number of thioether (sulfide) groups is 2. The molecule has 2 aromatic heterocycles. The summed E-state index contributed by atoms with van der Waals surface area (Å²) in [6, 6.07) is 29.1. The van der Waals surface area contributed by atoms with Gasteiger partial charge in [-0.25, -0.2) is 9.78 Å². The molecule has 5 N–H and O–H groups in total. The van der Waals surface area contributed by atoms with Crippen LogP contribution in [0.3, 0.4) is 0 Å². The average molecular weight is 769 g/mol. The molecule has 18 heteroatoms. The monoisotopic (exact) mass is 768 g/mol.